The second-order valence-electron chi connectivity index (χ2n) is 6.39. The predicted molar refractivity (Wildman–Crippen MR) is 95.9 cm³/mol. The van der Waals surface area contributed by atoms with Crippen molar-refractivity contribution in [3.8, 4) is 0 Å². The monoisotopic (exact) mass is 375 g/mol. The van der Waals surface area contributed by atoms with Gasteiger partial charge in [-0.25, -0.2) is 4.79 Å². The van der Waals surface area contributed by atoms with Gasteiger partial charge in [-0.05, 0) is 50.6 Å². The molecule has 1 aromatic heterocycles. The van der Waals surface area contributed by atoms with Crippen molar-refractivity contribution in [2.75, 3.05) is 11.9 Å². The topological polar surface area (TPSA) is 91.7 Å². The SMILES string of the molecule is Cc1ccc(NC(=O)CN2C(=O)N[C@](C)(c3ccc(C)o3)C2=O)c(Cl)c1. The van der Waals surface area contributed by atoms with Crippen molar-refractivity contribution in [3.05, 3.63) is 52.4 Å². The van der Waals surface area contributed by atoms with E-state index >= 15 is 0 Å². The highest BCUT2D eigenvalue weighted by molar-refractivity contribution is 6.33. The van der Waals surface area contributed by atoms with Crippen molar-refractivity contribution in [2.24, 2.45) is 0 Å². The van der Waals surface area contributed by atoms with E-state index in [2.05, 4.69) is 10.6 Å². The summed E-state index contributed by atoms with van der Waals surface area (Å²) < 4.78 is 5.48. The van der Waals surface area contributed by atoms with Crippen LogP contribution in [0.2, 0.25) is 5.02 Å². The Hall–Kier alpha value is -2.80. The number of carbonyl (C=O) groups is 3. The van der Waals surface area contributed by atoms with Crippen LogP contribution >= 0.6 is 11.6 Å². The molecular formula is C18H18ClN3O4. The molecule has 2 N–H and O–H groups in total. The van der Waals surface area contributed by atoms with Crippen LogP contribution in [0.5, 0.6) is 0 Å². The molecule has 2 aromatic rings. The lowest BCUT2D eigenvalue weighted by Crippen LogP contribution is -2.41. The van der Waals surface area contributed by atoms with Crippen LogP contribution in [0.4, 0.5) is 10.5 Å². The Labute approximate surface area is 155 Å². The number of hydrogen-bond donors (Lipinski definition) is 2. The van der Waals surface area contributed by atoms with Gasteiger partial charge in [0, 0.05) is 0 Å². The van der Waals surface area contributed by atoms with Gasteiger partial charge in [0.1, 0.15) is 18.1 Å². The van der Waals surface area contributed by atoms with Crippen LogP contribution in [-0.2, 0) is 15.1 Å². The molecule has 26 heavy (non-hydrogen) atoms. The molecule has 0 aliphatic carbocycles. The summed E-state index contributed by atoms with van der Waals surface area (Å²) in [5, 5.41) is 5.57. The molecule has 0 radical (unpaired) electrons. The number of imide groups is 1. The van der Waals surface area contributed by atoms with E-state index in [0.29, 0.717) is 22.2 Å². The quantitative estimate of drug-likeness (QED) is 0.803. The second kappa shape index (κ2) is 6.49. The molecule has 7 nitrogen and oxygen atoms in total. The standard InChI is InChI=1S/C18H18ClN3O4/c1-10-4-6-13(12(19)8-10)20-15(23)9-22-16(24)18(3,21-17(22)25)14-7-5-11(2)26-14/h4-8H,9H2,1-3H3,(H,20,23)(H,21,25)/t18-/m1/s1. The highest BCUT2D eigenvalue weighted by atomic mass is 35.5. The van der Waals surface area contributed by atoms with Crippen LogP contribution < -0.4 is 10.6 Å². The summed E-state index contributed by atoms with van der Waals surface area (Å²) in [6, 6.07) is 7.85. The first kappa shape index (κ1) is 18.0. The molecule has 1 aromatic carbocycles. The van der Waals surface area contributed by atoms with Crippen molar-refractivity contribution < 1.29 is 18.8 Å². The fourth-order valence-corrected chi connectivity index (χ4v) is 3.05. The minimum atomic E-state index is -1.34. The number of carbonyl (C=O) groups excluding carboxylic acids is 3. The van der Waals surface area contributed by atoms with Gasteiger partial charge in [0.25, 0.3) is 5.91 Å². The van der Waals surface area contributed by atoms with Crippen LogP contribution in [0, 0.1) is 13.8 Å². The third kappa shape index (κ3) is 3.17. The maximum Gasteiger partial charge on any atom is 0.325 e. The zero-order valence-electron chi connectivity index (χ0n) is 14.6. The van der Waals surface area contributed by atoms with Crippen molar-refractivity contribution in [1.82, 2.24) is 10.2 Å². The number of hydrogen-bond acceptors (Lipinski definition) is 4. The van der Waals surface area contributed by atoms with Crippen molar-refractivity contribution in [3.63, 3.8) is 0 Å². The average molecular weight is 376 g/mol. The highest BCUT2D eigenvalue weighted by Crippen LogP contribution is 2.30. The summed E-state index contributed by atoms with van der Waals surface area (Å²) in [7, 11) is 0. The van der Waals surface area contributed by atoms with E-state index in [1.807, 2.05) is 6.92 Å². The molecule has 0 saturated carbocycles. The summed E-state index contributed by atoms with van der Waals surface area (Å²) in [5.41, 5.74) is 0.0259. The van der Waals surface area contributed by atoms with Gasteiger partial charge in [-0.3, -0.25) is 14.5 Å². The second-order valence-corrected chi connectivity index (χ2v) is 6.80. The van der Waals surface area contributed by atoms with E-state index in [9.17, 15) is 14.4 Å². The van der Waals surface area contributed by atoms with E-state index in [1.165, 1.54) is 0 Å². The molecule has 0 bridgehead atoms. The number of amides is 4. The number of nitrogens with zero attached hydrogens (tertiary/aromatic N) is 1. The number of halogens is 1. The average Bonchev–Trinajstić information content (AvgIpc) is 3.09. The third-order valence-corrected chi connectivity index (χ3v) is 4.52. The van der Waals surface area contributed by atoms with Gasteiger partial charge in [-0.1, -0.05) is 17.7 Å². The van der Waals surface area contributed by atoms with E-state index in [0.717, 1.165) is 10.5 Å². The van der Waals surface area contributed by atoms with Crippen LogP contribution in [0.1, 0.15) is 24.0 Å². The van der Waals surface area contributed by atoms with Crippen LogP contribution in [0.15, 0.2) is 34.7 Å². The molecule has 1 aliphatic rings. The number of aryl methyl sites for hydroxylation is 2. The van der Waals surface area contributed by atoms with E-state index < -0.39 is 29.9 Å². The van der Waals surface area contributed by atoms with Gasteiger partial charge in [0.15, 0.2) is 5.54 Å². The molecule has 1 aliphatic heterocycles. The largest absolute Gasteiger partial charge is 0.463 e. The first-order chi connectivity index (χ1) is 12.2. The normalized spacial score (nSPS) is 19.6. The van der Waals surface area contributed by atoms with Crippen LogP contribution in [-0.4, -0.2) is 29.3 Å². The Morgan fingerprint density at radius 1 is 1.27 bits per heavy atom. The Morgan fingerprint density at radius 3 is 2.62 bits per heavy atom. The van der Waals surface area contributed by atoms with E-state index in [4.69, 9.17) is 16.0 Å². The van der Waals surface area contributed by atoms with Gasteiger partial charge in [-0.15, -0.1) is 0 Å². The zero-order valence-corrected chi connectivity index (χ0v) is 15.3. The molecule has 0 unspecified atom stereocenters. The minimum absolute atomic E-state index is 0.317. The Bertz CT molecular complexity index is 908. The maximum absolute atomic E-state index is 12.7. The molecule has 1 saturated heterocycles. The van der Waals surface area contributed by atoms with Crippen molar-refractivity contribution >= 4 is 35.1 Å². The summed E-state index contributed by atoms with van der Waals surface area (Å²) >= 11 is 6.09. The van der Waals surface area contributed by atoms with Gasteiger partial charge < -0.3 is 15.1 Å². The fourth-order valence-electron chi connectivity index (χ4n) is 2.77. The first-order valence-corrected chi connectivity index (χ1v) is 8.35. The van der Waals surface area contributed by atoms with Crippen molar-refractivity contribution in [1.29, 1.82) is 0 Å². The Morgan fingerprint density at radius 2 is 2.00 bits per heavy atom. The lowest BCUT2D eigenvalue weighted by Gasteiger charge is -2.19. The van der Waals surface area contributed by atoms with Gasteiger partial charge >= 0.3 is 6.03 Å². The summed E-state index contributed by atoms with van der Waals surface area (Å²) in [6.45, 7) is 4.73. The summed E-state index contributed by atoms with van der Waals surface area (Å²) in [5.74, 6) is -0.146. The molecule has 3 rings (SSSR count). The zero-order chi connectivity index (χ0) is 19.1. The molecule has 4 amide bonds. The number of urea groups is 1. The van der Waals surface area contributed by atoms with Crippen molar-refractivity contribution in [2.45, 2.75) is 26.3 Å². The number of furan rings is 1. The number of anilines is 1. The lowest BCUT2D eigenvalue weighted by atomic mass is 9.99. The first-order valence-electron chi connectivity index (χ1n) is 7.98. The predicted octanol–water partition coefficient (Wildman–Crippen LogP) is 2.96. The minimum Gasteiger partial charge on any atom is -0.463 e. The Balaban J connectivity index is 1.74. The molecule has 136 valence electrons. The molecule has 1 atom stereocenters. The molecule has 8 heteroatoms. The summed E-state index contributed by atoms with van der Waals surface area (Å²) in [6.07, 6.45) is 0. The Kier molecular flexibility index (Phi) is 4.50. The third-order valence-electron chi connectivity index (χ3n) is 4.21. The molecule has 2 heterocycles. The molecular weight excluding hydrogens is 358 g/mol. The van der Waals surface area contributed by atoms with E-state index in [1.54, 1.807) is 44.2 Å². The van der Waals surface area contributed by atoms with Gasteiger partial charge in [0.2, 0.25) is 5.91 Å². The summed E-state index contributed by atoms with van der Waals surface area (Å²) in [4.78, 5) is 38.1. The number of benzene rings is 1. The van der Waals surface area contributed by atoms with Crippen LogP contribution in [0.25, 0.3) is 0 Å². The van der Waals surface area contributed by atoms with Crippen LogP contribution in [0.3, 0.4) is 0 Å². The van der Waals surface area contributed by atoms with E-state index in [-0.39, 0.29) is 0 Å². The van der Waals surface area contributed by atoms with Gasteiger partial charge in [0.05, 0.1) is 10.7 Å². The maximum atomic E-state index is 12.7. The highest BCUT2D eigenvalue weighted by Gasteiger charge is 2.51. The van der Waals surface area contributed by atoms with Gasteiger partial charge in [-0.2, -0.15) is 0 Å². The fraction of sp³-hybridized carbons (Fsp3) is 0.278. The lowest BCUT2D eigenvalue weighted by molar-refractivity contribution is -0.134. The molecule has 1 fully saturated rings. The smallest absolute Gasteiger partial charge is 0.325 e. The number of rotatable bonds is 4. The molecule has 0 spiro atoms. The number of nitrogens with one attached hydrogen (secondary N) is 2.